The van der Waals surface area contributed by atoms with Crippen molar-refractivity contribution in [1.29, 1.82) is 0 Å². The maximum absolute atomic E-state index is 6.17. The molecular weight excluding hydrogens is 258 g/mol. The van der Waals surface area contributed by atoms with E-state index < -0.39 is 0 Å². The smallest absolute Gasteiger partial charge is 0.0426 e. The summed E-state index contributed by atoms with van der Waals surface area (Å²) in [5, 5.41) is 0.808. The molecule has 1 aliphatic heterocycles. The summed E-state index contributed by atoms with van der Waals surface area (Å²) in [4.78, 5) is 4.79. The van der Waals surface area contributed by atoms with E-state index >= 15 is 0 Å². The van der Waals surface area contributed by atoms with Gasteiger partial charge in [0.2, 0.25) is 0 Å². The molecule has 0 aliphatic carbocycles. The molecule has 19 heavy (non-hydrogen) atoms. The van der Waals surface area contributed by atoms with Gasteiger partial charge in [-0.15, -0.1) is 0 Å². The Bertz CT molecular complexity index is 414. The number of likely N-dealkylation sites (N-methyl/N-ethyl adjacent to an activating group) is 1. The maximum Gasteiger partial charge on any atom is 0.0426 e. The molecule has 1 saturated heterocycles. The van der Waals surface area contributed by atoms with E-state index in [4.69, 9.17) is 17.3 Å². The van der Waals surface area contributed by atoms with Crippen molar-refractivity contribution in [2.75, 3.05) is 38.1 Å². The summed E-state index contributed by atoms with van der Waals surface area (Å²) in [6.45, 7) is 6.46. The zero-order valence-corrected chi connectivity index (χ0v) is 12.7. The second-order valence-electron chi connectivity index (χ2n) is 5.44. The molecule has 1 atom stereocenters. The minimum atomic E-state index is 0.229. The number of halogens is 1. The van der Waals surface area contributed by atoms with Crippen LogP contribution in [0, 0.1) is 0 Å². The van der Waals surface area contributed by atoms with Crippen LogP contribution >= 0.6 is 11.6 Å². The molecule has 0 amide bonds. The number of nitrogens with zero attached hydrogens (tertiary/aromatic N) is 2. The Morgan fingerprint density at radius 2 is 1.95 bits per heavy atom. The van der Waals surface area contributed by atoms with Gasteiger partial charge in [-0.3, -0.25) is 0 Å². The Morgan fingerprint density at radius 3 is 2.58 bits per heavy atom. The molecule has 1 aromatic carbocycles. The standard InChI is InChI=1S/C15H24ClN3/c1-3-14(17)10-12-4-5-13(16)11-15(12)19-8-6-18(2)7-9-19/h4-5,11,14H,3,6-10,17H2,1-2H3. The van der Waals surface area contributed by atoms with Gasteiger partial charge < -0.3 is 15.5 Å². The van der Waals surface area contributed by atoms with Crippen LogP contribution in [-0.2, 0) is 6.42 Å². The highest BCUT2D eigenvalue weighted by atomic mass is 35.5. The van der Waals surface area contributed by atoms with Crippen molar-refractivity contribution in [3.05, 3.63) is 28.8 Å². The maximum atomic E-state index is 6.17. The molecule has 2 N–H and O–H groups in total. The van der Waals surface area contributed by atoms with E-state index in [1.807, 2.05) is 6.07 Å². The van der Waals surface area contributed by atoms with E-state index in [9.17, 15) is 0 Å². The van der Waals surface area contributed by atoms with Crippen molar-refractivity contribution in [2.24, 2.45) is 5.73 Å². The summed E-state index contributed by atoms with van der Waals surface area (Å²) in [6, 6.07) is 6.42. The number of hydrogen-bond donors (Lipinski definition) is 1. The third-order valence-electron chi connectivity index (χ3n) is 3.90. The first-order valence-corrected chi connectivity index (χ1v) is 7.45. The van der Waals surface area contributed by atoms with Crippen molar-refractivity contribution in [3.63, 3.8) is 0 Å². The average Bonchev–Trinajstić information content (AvgIpc) is 2.41. The van der Waals surface area contributed by atoms with E-state index in [0.29, 0.717) is 0 Å². The average molecular weight is 282 g/mol. The second-order valence-corrected chi connectivity index (χ2v) is 5.87. The third kappa shape index (κ3) is 3.85. The number of piperazine rings is 1. The van der Waals surface area contributed by atoms with Gasteiger partial charge >= 0.3 is 0 Å². The molecule has 0 radical (unpaired) electrons. The number of anilines is 1. The minimum absolute atomic E-state index is 0.229. The highest BCUT2D eigenvalue weighted by molar-refractivity contribution is 6.30. The van der Waals surface area contributed by atoms with Gasteiger partial charge in [-0.1, -0.05) is 24.6 Å². The largest absolute Gasteiger partial charge is 0.369 e. The van der Waals surface area contributed by atoms with Gasteiger partial charge in [0.25, 0.3) is 0 Å². The first-order valence-electron chi connectivity index (χ1n) is 7.07. The second kappa shape index (κ2) is 6.60. The lowest BCUT2D eigenvalue weighted by Gasteiger charge is -2.35. The van der Waals surface area contributed by atoms with Gasteiger partial charge in [0.15, 0.2) is 0 Å². The zero-order valence-electron chi connectivity index (χ0n) is 11.9. The fourth-order valence-electron chi connectivity index (χ4n) is 2.48. The molecular formula is C15H24ClN3. The van der Waals surface area contributed by atoms with Crippen molar-refractivity contribution in [3.8, 4) is 0 Å². The molecule has 3 nitrogen and oxygen atoms in total. The molecule has 0 bridgehead atoms. The molecule has 1 aliphatic rings. The van der Waals surface area contributed by atoms with E-state index in [0.717, 1.165) is 44.0 Å². The Morgan fingerprint density at radius 1 is 1.26 bits per heavy atom. The van der Waals surface area contributed by atoms with Crippen molar-refractivity contribution in [2.45, 2.75) is 25.8 Å². The predicted molar refractivity (Wildman–Crippen MR) is 83.1 cm³/mol. The summed E-state index contributed by atoms with van der Waals surface area (Å²) in [6.07, 6.45) is 1.93. The molecule has 0 saturated carbocycles. The molecule has 0 aromatic heterocycles. The lowest BCUT2D eigenvalue weighted by atomic mass is 10.0. The Labute approximate surface area is 121 Å². The summed E-state index contributed by atoms with van der Waals surface area (Å²) >= 11 is 6.17. The first-order chi connectivity index (χ1) is 9.10. The van der Waals surface area contributed by atoms with Gasteiger partial charge in [0.05, 0.1) is 0 Å². The number of hydrogen-bond acceptors (Lipinski definition) is 3. The molecule has 1 fully saturated rings. The minimum Gasteiger partial charge on any atom is -0.369 e. The van der Waals surface area contributed by atoms with E-state index in [2.05, 4.69) is 35.9 Å². The number of rotatable bonds is 4. The van der Waals surface area contributed by atoms with Crippen molar-refractivity contribution >= 4 is 17.3 Å². The van der Waals surface area contributed by atoms with Crippen LogP contribution in [0.5, 0.6) is 0 Å². The summed E-state index contributed by atoms with van der Waals surface area (Å²) < 4.78 is 0. The normalized spacial score (nSPS) is 18.6. The Hall–Kier alpha value is -0.770. The van der Waals surface area contributed by atoms with Crippen LogP contribution in [0.15, 0.2) is 18.2 Å². The van der Waals surface area contributed by atoms with Gasteiger partial charge in [-0.2, -0.15) is 0 Å². The topological polar surface area (TPSA) is 32.5 Å². The van der Waals surface area contributed by atoms with Crippen LogP contribution in [0.2, 0.25) is 5.02 Å². The predicted octanol–water partition coefficient (Wildman–Crippen LogP) is 2.37. The fraction of sp³-hybridized carbons (Fsp3) is 0.600. The molecule has 2 rings (SSSR count). The lowest BCUT2D eigenvalue weighted by molar-refractivity contribution is 0.312. The summed E-state index contributed by atoms with van der Waals surface area (Å²) in [5.41, 5.74) is 8.69. The quantitative estimate of drug-likeness (QED) is 0.920. The summed E-state index contributed by atoms with van der Waals surface area (Å²) in [7, 11) is 2.17. The van der Waals surface area contributed by atoms with Crippen LogP contribution in [0.4, 0.5) is 5.69 Å². The van der Waals surface area contributed by atoms with Crippen molar-refractivity contribution in [1.82, 2.24) is 4.90 Å². The van der Waals surface area contributed by atoms with Gasteiger partial charge in [0, 0.05) is 42.9 Å². The SMILES string of the molecule is CCC(N)Cc1ccc(Cl)cc1N1CCN(C)CC1. The van der Waals surface area contributed by atoms with E-state index in [1.165, 1.54) is 11.3 Å². The zero-order chi connectivity index (χ0) is 13.8. The lowest BCUT2D eigenvalue weighted by Crippen LogP contribution is -2.45. The van der Waals surface area contributed by atoms with Gasteiger partial charge in [-0.25, -0.2) is 0 Å². The third-order valence-corrected chi connectivity index (χ3v) is 4.13. The van der Waals surface area contributed by atoms with Crippen molar-refractivity contribution < 1.29 is 0 Å². The fourth-order valence-corrected chi connectivity index (χ4v) is 2.64. The highest BCUT2D eigenvalue weighted by Gasteiger charge is 2.18. The number of nitrogens with two attached hydrogens (primary N) is 1. The van der Waals surface area contributed by atoms with E-state index in [-0.39, 0.29) is 6.04 Å². The number of benzene rings is 1. The monoisotopic (exact) mass is 281 g/mol. The highest BCUT2D eigenvalue weighted by Crippen LogP contribution is 2.27. The van der Waals surface area contributed by atoms with Gasteiger partial charge in [-0.05, 0) is 37.6 Å². The molecule has 1 aromatic rings. The molecule has 106 valence electrons. The molecule has 1 unspecified atom stereocenters. The molecule has 4 heteroatoms. The summed E-state index contributed by atoms with van der Waals surface area (Å²) in [5.74, 6) is 0. The van der Waals surface area contributed by atoms with Crippen LogP contribution in [0.25, 0.3) is 0 Å². The molecule has 0 spiro atoms. The first kappa shape index (κ1) is 14.6. The van der Waals surface area contributed by atoms with E-state index in [1.54, 1.807) is 0 Å². The van der Waals surface area contributed by atoms with Gasteiger partial charge in [0.1, 0.15) is 0 Å². The van der Waals surface area contributed by atoms with Crippen LogP contribution in [-0.4, -0.2) is 44.2 Å². The van der Waals surface area contributed by atoms with Crippen LogP contribution in [0.1, 0.15) is 18.9 Å². The Balaban J connectivity index is 2.19. The molecule has 1 heterocycles. The van der Waals surface area contributed by atoms with Crippen LogP contribution < -0.4 is 10.6 Å². The Kier molecular flexibility index (Phi) is 5.08. The van der Waals surface area contributed by atoms with Crippen LogP contribution in [0.3, 0.4) is 0 Å².